The fraction of sp³-hybridized carbons (Fsp3) is 0.467. The first kappa shape index (κ1) is 20.2. The van der Waals surface area contributed by atoms with Crippen LogP contribution in [0.4, 0.5) is 13.2 Å². The molecule has 1 unspecified atom stereocenters. The number of benzene rings is 1. The molecule has 0 spiro atoms. The largest absolute Gasteiger partial charge is 0.417 e. The second kappa shape index (κ2) is 8.89. The first-order valence-electron chi connectivity index (χ1n) is 7.32. The number of carbonyl (C=O) groups excluding carboxylic acids is 2. The fourth-order valence-corrected chi connectivity index (χ4v) is 2.44. The summed E-state index contributed by atoms with van der Waals surface area (Å²) in [6, 6.07) is 4.46. The van der Waals surface area contributed by atoms with E-state index in [1.807, 2.05) is 0 Å². The fourth-order valence-electron chi connectivity index (χ4n) is 2.44. The van der Waals surface area contributed by atoms with Crippen LogP contribution in [-0.2, 0) is 11.0 Å². The highest BCUT2D eigenvalue weighted by molar-refractivity contribution is 5.97. The van der Waals surface area contributed by atoms with Crippen molar-refractivity contribution in [1.29, 1.82) is 0 Å². The van der Waals surface area contributed by atoms with E-state index in [1.165, 1.54) is 12.1 Å². The Balaban J connectivity index is 0.00000288. The predicted octanol–water partition coefficient (Wildman–Crippen LogP) is 1.73. The van der Waals surface area contributed by atoms with E-state index in [9.17, 15) is 22.8 Å². The summed E-state index contributed by atoms with van der Waals surface area (Å²) in [7, 11) is 0. The van der Waals surface area contributed by atoms with Crippen molar-refractivity contribution in [2.24, 2.45) is 0 Å². The van der Waals surface area contributed by atoms with Gasteiger partial charge in [0.1, 0.15) is 0 Å². The van der Waals surface area contributed by atoms with Gasteiger partial charge in [-0.1, -0.05) is 12.1 Å². The monoisotopic (exact) mass is 365 g/mol. The zero-order chi connectivity index (χ0) is 16.9. The molecule has 0 aromatic heterocycles. The number of carbonyl (C=O) groups is 2. The molecule has 2 rings (SSSR count). The van der Waals surface area contributed by atoms with E-state index in [-0.39, 0.29) is 25.0 Å². The van der Waals surface area contributed by atoms with Crippen molar-refractivity contribution < 1.29 is 22.8 Å². The minimum absolute atomic E-state index is 0. The van der Waals surface area contributed by atoms with Crippen LogP contribution in [0.25, 0.3) is 0 Å². The van der Waals surface area contributed by atoms with Gasteiger partial charge in [0, 0.05) is 12.6 Å². The van der Waals surface area contributed by atoms with Gasteiger partial charge in [-0.15, -0.1) is 12.4 Å². The Morgan fingerprint density at radius 1 is 1.25 bits per heavy atom. The lowest BCUT2D eigenvalue weighted by Gasteiger charge is -2.23. The molecule has 2 amide bonds. The van der Waals surface area contributed by atoms with Crippen LogP contribution in [0.5, 0.6) is 0 Å². The molecule has 1 saturated heterocycles. The molecule has 0 aliphatic carbocycles. The van der Waals surface area contributed by atoms with E-state index in [0.717, 1.165) is 31.5 Å². The maximum absolute atomic E-state index is 12.9. The molecule has 1 heterocycles. The predicted molar refractivity (Wildman–Crippen MR) is 85.1 cm³/mol. The third-order valence-corrected chi connectivity index (χ3v) is 3.55. The number of alkyl halides is 3. The smallest absolute Gasteiger partial charge is 0.351 e. The third kappa shape index (κ3) is 5.68. The number of amides is 2. The van der Waals surface area contributed by atoms with E-state index in [2.05, 4.69) is 16.0 Å². The highest BCUT2D eigenvalue weighted by Gasteiger charge is 2.34. The van der Waals surface area contributed by atoms with E-state index in [1.54, 1.807) is 0 Å². The number of hydrogen-bond acceptors (Lipinski definition) is 3. The van der Waals surface area contributed by atoms with Gasteiger partial charge in [-0.05, 0) is 31.5 Å². The Morgan fingerprint density at radius 2 is 1.96 bits per heavy atom. The van der Waals surface area contributed by atoms with Crippen molar-refractivity contribution in [3.8, 4) is 0 Å². The lowest BCUT2D eigenvalue weighted by molar-refractivity contribution is -0.137. The molecule has 0 radical (unpaired) electrons. The molecule has 0 bridgehead atoms. The van der Waals surface area contributed by atoms with Gasteiger partial charge in [0.2, 0.25) is 5.91 Å². The Kier molecular flexibility index (Phi) is 7.50. The standard InChI is InChI=1S/C15H18F3N3O2.ClH/c16-15(17,18)12-6-2-1-5-11(12)14(23)20-9-13(22)21-10-4-3-7-19-8-10;/h1-2,5-6,10,19H,3-4,7-9H2,(H,20,23)(H,21,22);1H. The minimum Gasteiger partial charge on any atom is -0.351 e. The van der Waals surface area contributed by atoms with Gasteiger partial charge in [-0.25, -0.2) is 0 Å². The molecule has 1 fully saturated rings. The molecule has 3 N–H and O–H groups in total. The first-order chi connectivity index (χ1) is 10.9. The molecule has 5 nitrogen and oxygen atoms in total. The average molecular weight is 366 g/mol. The van der Waals surface area contributed by atoms with Gasteiger partial charge < -0.3 is 16.0 Å². The van der Waals surface area contributed by atoms with Crippen molar-refractivity contribution in [2.75, 3.05) is 19.6 Å². The summed E-state index contributed by atoms with van der Waals surface area (Å²) in [5, 5.41) is 8.09. The molecule has 1 aromatic rings. The normalized spacial score (nSPS) is 17.5. The van der Waals surface area contributed by atoms with Gasteiger partial charge in [0.25, 0.3) is 5.91 Å². The molecule has 1 aromatic carbocycles. The van der Waals surface area contributed by atoms with E-state index in [0.29, 0.717) is 6.54 Å². The second-order valence-electron chi connectivity index (χ2n) is 5.34. The Hall–Kier alpha value is -1.80. The number of hydrogen-bond donors (Lipinski definition) is 3. The summed E-state index contributed by atoms with van der Waals surface area (Å²) < 4.78 is 38.6. The first-order valence-corrected chi connectivity index (χ1v) is 7.32. The van der Waals surface area contributed by atoms with Gasteiger partial charge in [0.15, 0.2) is 0 Å². The number of halogens is 4. The average Bonchev–Trinajstić information content (AvgIpc) is 2.53. The van der Waals surface area contributed by atoms with E-state index < -0.39 is 29.1 Å². The SMILES string of the molecule is Cl.O=C(CNC(=O)c1ccccc1C(F)(F)F)NC1CCCNC1. The number of nitrogens with one attached hydrogen (secondary N) is 3. The Bertz CT molecular complexity index is 575. The highest BCUT2D eigenvalue weighted by Crippen LogP contribution is 2.31. The van der Waals surface area contributed by atoms with Crippen molar-refractivity contribution >= 4 is 24.2 Å². The van der Waals surface area contributed by atoms with Gasteiger partial charge in [0.05, 0.1) is 17.7 Å². The summed E-state index contributed by atoms with van der Waals surface area (Å²) in [6.45, 7) is 1.19. The molecule has 9 heteroatoms. The summed E-state index contributed by atoms with van der Waals surface area (Å²) in [5.74, 6) is -1.34. The van der Waals surface area contributed by atoms with E-state index >= 15 is 0 Å². The van der Waals surface area contributed by atoms with Crippen LogP contribution in [0.3, 0.4) is 0 Å². The molecule has 1 aliphatic heterocycles. The van der Waals surface area contributed by atoms with Crippen LogP contribution in [0.2, 0.25) is 0 Å². The van der Waals surface area contributed by atoms with Gasteiger partial charge in [-0.2, -0.15) is 13.2 Å². The molecular formula is C15H19ClF3N3O2. The molecule has 134 valence electrons. The van der Waals surface area contributed by atoms with Crippen LogP contribution < -0.4 is 16.0 Å². The number of rotatable bonds is 4. The Morgan fingerprint density at radius 3 is 2.58 bits per heavy atom. The quantitative estimate of drug-likeness (QED) is 0.761. The summed E-state index contributed by atoms with van der Waals surface area (Å²) in [5.41, 5.74) is -1.51. The van der Waals surface area contributed by atoms with Gasteiger partial charge >= 0.3 is 6.18 Å². The van der Waals surface area contributed by atoms with E-state index in [4.69, 9.17) is 0 Å². The van der Waals surface area contributed by atoms with Crippen LogP contribution in [0.15, 0.2) is 24.3 Å². The highest BCUT2D eigenvalue weighted by atomic mass is 35.5. The third-order valence-electron chi connectivity index (χ3n) is 3.55. The Labute approximate surface area is 143 Å². The van der Waals surface area contributed by atoms with Crippen LogP contribution in [0, 0.1) is 0 Å². The number of piperidine rings is 1. The molecule has 1 atom stereocenters. The molecule has 1 aliphatic rings. The maximum atomic E-state index is 12.9. The zero-order valence-corrected chi connectivity index (χ0v) is 13.6. The molecular weight excluding hydrogens is 347 g/mol. The zero-order valence-electron chi connectivity index (χ0n) is 12.8. The maximum Gasteiger partial charge on any atom is 0.417 e. The molecule has 0 saturated carbocycles. The van der Waals surface area contributed by atoms with Crippen LogP contribution in [0.1, 0.15) is 28.8 Å². The van der Waals surface area contributed by atoms with Crippen molar-refractivity contribution in [3.63, 3.8) is 0 Å². The lowest BCUT2D eigenvalue weighted by Crippen LogP contribution is -2.48. The van der Waals surface area contributed by atoms with Crippen LogP contribution >= 0.6 is 12.4 Å². The van der Waals surface area contributed by atoms with Crippen LogP contribution in [-0.4, -0.2) is 37.5 Å². The lowest BCUT2D eigenvalue weighted by atomic mass is 10.1. The minimum atomic E-state index is -4.62. The van der Waals surface area contributed by atoms with Crippen molar-refractivity contribution in [2.45, 2.75) is 25.1 Å². The van der Waals surface area contributed by atoms with Gasteiger partial charge in [-0.3, -0.25) is 9.59 Å². The van der Waals surface area contributed by atoms with Crippen molar-refractivity contribution in [3.05, 3.63) is 35.4 Å². The summed E-state index contributed by atoms with van der Waals surface area (Å²) in [4.78, 5) is 23.7. The second-order valence-corrected chi connectivity index (χ2v) is 5.34. The summed E-state index contributed by atoms with van der Waals surface area (Å²) >= 11 is 0. The summed E-state index contributed by atoms with van der Waals surface area (Å²) in [6.07, 6.45) is -2.84. The van der Waals surface area contributed by atoms with Crippen molar-refractivity contribution in [1.82, 2.24) is 16.0 Å². The molecule has 24 heavy (non-hydrogen) atoms. The topological polar surface area (TPSA) is 70.2 Å².